The molecule has 1 atom stereocenters. The van der Waals surface area contributed by atoms with Gasteiger partial charge in [0.2, 0.25) is 11.8 Å². The fraction of sp³-hybridized carbons (Fsp3) is 0.250. The van der Waals surface area contributed by atoms with Crippen LogP contribution in [0.2, 0.25) is 0 Å². The van der Waals surface area contributed by atoms with Crippen LogP contribution in [0.5, 0.6) is 5.75 Å². The van der Waals surface area contributed by atoms with Crippen LogP contribution in [0.3, 0.4) is 0 Å². The Labute approximate surface area is 108 Å². The lowest BCUT2D eigenvalue weighted by Gasteiger charge is -2.10. The minimum Gasteiger partial charge on any atom is -0.507 e. The number of hydrogen-bond donors (Lipinski definition) is 2. The molecular formula is C12H12FN3O3. The van der Waals surface area contributed by atoms with E-state index < -0.39 is 17.8 Å². The largest absolute Gasteiger partial charge is 0.507 e. The molecule has 0 unspecified atom stereocenters. The van der Waals surface area contributed by atoms with Crippen LogP contribution < -0.4 is 5.32 Å². The first-order valence-corrected chi connectivity index (χ1v) is 5.56. The monoisotopic (exact) mass is 265 g/mol. The van der Waals surface area contributed by atoms with Gasteiger partial charge in [-0.25, -0.2) is 4.39 Å². The lowest BCUT2D eigenvalue weighted by molar-refractivity contribution is 0.0930. The van der Waals surface area contributed by atoms with E-state index in [4.69, 9.17) is 4.42 Å². The summed E-state index contributed by atoms with van der Waals surface area (Å²) in [6.45, 7) is 3.27. The van der Waals surface area contributed by atoms with Gasteiger partial charge in [-0.15, -0.1) is 10.2 Å². The molecule has 2 rings (SSSR count). The average molecular weight is 265 g/mol. The molecule has 0 bridgehead atoms. The zero-order valence-corrected chi connectivity index (χ0v) is 10.3. The van der Waals surface area contributed by atoms with Gasteiger partial charge in [-0.05, 0) is 25.1 Å². The molecule has 0 radical (unpaired) electrons. The number of aromatic hydroxyl groups is 1. The maximum Gasteiger partial charge on any atom is 0.255 e. The van der Waals surface area contributed by atoms with E-state index in [-0.39, 0.29) is 17.2 Å². The van der Waals surface area contributed by atoms with Gasteiger partial charge in [-0.1, -0.05) is 0 Å². The van der Waals surface area contributed by atoms with Gasteiger partial charge < -0.3 is 14.8 Å². The first kappa shape index (κ1) is 13.0. The van der Waals surface area contributed by atoms with Crippen molar-refractivity contribution in [2.45, 2.75) is 19.9 Å². The Morgan fingerprint density at radius 2 is 2.21 bits per heavy atom. The number of benzene rings is 1. The van der Waals surface area contributed by atoms with Crippen LogP contribution in [0.25, 0.3) is 0 Å². The first-order valence-electron chi connectivity index (χ1n) is 5.56. The van der Waals surface area contributed by atoms with E-state index in [0.717, 1.165) is 18.2 Å². The average Bonchev–Trinajstić information content (AvgIpc) is 2.79. The van der Waals surface area contributed by atoms with Gasteiger partial charge in [-0.2, -0.15) is 0 Å². The fourth-order valence-corrected chi connectivity index (χ4v) is 1.51. The van der Waals surface area contributed by atoms with E-state index >= 15 is 0 Å². The Morgan fingerprint density at radius 1 is 1.47 bits per heavy atom. The third-order valence-electron chi connectivity index (χ3n) is 2.46. The second kappa shape index (κ2) is 5.05. The van der Waals surface area contributed by atoms with Crippen molar-refractivity contribution in [1.29, 1.82) is 0 Å². The van der Waals surface area contributed by atoms with Crippen molar-refractivity contribution in [3.05, 3.63) is 41.4 Å². The number of amides is 1. The van der Waals surface area contributed by atoms with Gasteiger partial charge in [0.15, 0.2) is 0 Å². The predicted octanol–water partition coefficient (Wildman–Crippen LogP) is 1.71. The molecule has 0 aliphatic rings. The molecule has 1 aromatic heterocycles. The molecule has 1 aromatic carbocycles. The maximum absolute atomic E-state index is 13.0. The number of rotatable bonds is 3. The zero-order valence-electron chi connectivity index (χ0n) is 10.3. The van der Waals surface area contributed by atoms with Crippen molar-refractivity contribution >= 4 is 5.91 Å². The standard InChI is InChI=1S/C12H12FN3O3/c1-6(12-16-15-7(2)19-12)14-11(18)9-5-8(13)3-4-10(9)17/h3-6,17H,1-2H3,(H,14,18)/t6-/m1/s1. The van der Waals surface area contributed by atoms with Crippen LogP contribution in [0.15, 0.2) is 22.6 Å². The van der Waals surface area contributed by atoms with Gasteiger partial charge in [0.05, 0.1) is 5.56 Å². The van der Waals surface area contributed by atoms with Crippen LogP contribution in [0.4, 0.5) is 4.39 Å². The molecular weight excluding hydrogens is 253 g/mol. The fourth-order valence-electron chi connectivity index (χ4n) is 1.51. The first-order chi connectivity index (χ1) is 8.97. The zero-order chi connectivity index (χ0) is 14.0. The second-order valence-electron chi connectivity index (χ2n) is 4.02. The number of carbonyl (C=O) groups excluding carboxylic acids is 1. The van der Waals surface area contributed by atoms with Crippen LogP contribution in [-0.2, 0) is 0 Å². The van der Waals surface area contributed by atoms with Crippen LogP contribution in [-0.4, -0.2) is 21.2 Å². The van der Waals surface area contributed by atoms with Crippen molar-refractivity contribution in [2.75, 3.05) is 0 Å². The highest BCUT2D eigenvalue weighted by molar-refractivity contribution is 5.96. The summed E-state index contributed by atoms with van der Waals surface area (Å²) in [5, 5.41) is 19.5. The molecule has 0 aliphatic carbocycles. The van der Waals surface area contributed by atoms with E-state index in [2.05, 4.69) is 15.5 Å². The SMILES string of the molecule is Cc1nnc([C@@H](C)NC(=O)c2cc(F)ccc2O)o1. The summed E-state index contributed by atoms with van der Waals surface area (Å²) in [7, 11) is 0. The van der Waals surface area contributed by atoms with Crippen molar-refractivity contribution < 1.29 is 18.7 Å². The minimum absolute atomic E-state index is 0.150. The van der Waals surface area contributed by atoms with Gasteiger partial charge in [0, 0.05) is 6.92 Å². The number of phenols is 1. The number of carbonyl (C=O) groups is 1. The summed E-state index contributed by atoms with van der Waals surface area (Å²) in [5.41, 5.74) is -0.150. The van der Waals surface area contributed by atoms with Crippen molar-refractivity contribution in [3.63, 3.8) is 0 Å². The van der Waals surface area contributed by atoms with E-state index in [1.807, 2.05) is 0 Å². The van der Waals surface area contributed by atoms with Crippen molar-refractivity contribution in [2.24, 2.45) is 0 Å². The Balaban J connectivity index is 2.15. The smallest absolute Gasteiger partial charge is 0.255 e. The van der Waals surface area contributed by atoms with Crippen LogP contribution in [0, 0.1) is 12.7 Å². The highest BCUT2D eigenvalue weighted by Crippen LogP contribution is 2.19. The number of aromatic nitrogens is 2. The Kier molecular flexibility index (Phi) is 3.46. The number of phenolic OH excluding ortho intramolecular Hbond substituents is 1. The quantitative estimate of drug-likeness (QED) is 0.882. The van der Waals surface area contributed by atoms with E-state index in [0.29, 0.717) is 5.89 Å². The molecule has 100 valence electrons. The van der Waals surface area contributed by atoms with Gasteiger partial charge in [0.1, 0.15) is 17.6 Å². The summed E-state index contributed by atoms with van der Waals surface area (Å²) in [4.78, 5) is 11.9. The lowest BCUT2D eigenvalue weighted by atomic mass is 10.1. The maximum atomic E-state index is 13.0. The van der Waals surface area contributed by atoms with Gasteiger partial charge >= 0.3 is 0 Å². The Hall–Kier alpha value is -2.44. The number of hydrogen-bond acceptors (Lipinski definition) is 5. The van der Waals surface area contributed by atoms with Crippen LogP contribution in [0.1, 0.15) is 35.1 Å². The molecule has 0 saturated heterocycles. The second-order valence-corrected chi connectivity index (χ2v) is 4.02. The normalized spacial score (nSPS) is 12.2. The molecule has 6 nitrogen and oxygen atoms in total. The molecule has 19 heavy (non-hydrogen) atoms. The third kappa shape index (κ3) is 2.87. The van der Waals surface area contributed by atoms with Crippen molar-refractivity contribution in [1.82, 2.24) is 15.5 Å². The number of aryl methyl sites for hydroxylation is 1. The van der Waals surface area contributed by atoms with E-state index in [1.165, 1.54) is 0 Å². The summed E-state index contributed by atoms with van der Waals surface area (Å²) in [6.07, 6.45) is 0. The van der Waals surface area contributed by atoms with Crippen LogP contribution >= 0.6 is 0 Å². The molecule has 7 heteroatoms. The molecule has 1 heterocycles. The Morgan fingerprint density at radius 3 is 2.84 bits per heavy atom. The molecule has 0 fully saturated rings. The number of halogens is 1. The Bertz CT molecular complexity index is 612. The van der Waals surface area contributed by atoms with Gasteiger partial charge in [0.25, 0.3) is 5.91 Å². The highest BCUT2D eigenvalue weighted by atomic mass is 19.1. The summed E-state index contributed by atoms with van der Waals surface area (Å²) in [5.74, 6) is -0.913. The molecule has 0 saturated carbocycles. The topological polar surface area (TPSA) is 88.2 Å². The molecule has 2 N–H and O–H groups in total. The minimum atomic E-state index is -0.625. The van der Waals surface area contributed by atoms with Crippen molar-refractivity contribution in [3.8, 4) is 5.75 Å². The number of nitrogens with zero attached hydrogens (tertiary/aromatic N) is 2. The third-order valence-corrected chi connectivity index (χ3v) is 2.46. The predicted molar refractivity (Wildman–Crippen MR) is 63.0 cm³/mol. The molecule has 1 amide bonds. The molecule has 2 aromatic rings. The van der Waals surface area contributed by atoms with Gasteiger partial charge in [-0.3, -0.25) is 4.79 Å². The lowest BCUT2D eigenvalue weighted by Crippen LogP contribution is -2.27. The summed E-state index contributed by atoms with van der Waals surface area (Å²) in [6, 6.07) is 2.59. The highest BCUT2D eigenvalue weighted by Gasteiger charge is 2.18. The van der Waals surface area contributed by atoms with E-state index in [9.17, 15) is 14.3 Å². The molecule has 0 spiro atoms. The summed E-state index contributed by atoms with van der Waals surface area (Å²) < 4.78 is 18.2. The number of nitrogens with one attached hydrogen (secondary N) is 1. The molecule has 0 aliphatic heterocycles. The summed E-state index contributed by atoms with van der Waals surface area (Å²) >= 11 is 0. The van der Waals surface area contributed by atoms with E-state index in [1.54, 1.807) is 13.8 Å².